The summed E-state index contributed by atoms with van der Waals surface area (Å²) in [5.74, 6) is 0.669. The van der Waals surface area contributed by atoms with Gasteiger partial charge in [0.25, 0.3) is 0 Å². The fourth-order valence-corrected chi connectivity index (χ4v) is 1.94. The molecule has 0 fully saturated rings. The Labute approximate surface area is 106 Å². The topological polar surface area (TPSA) is 38.7 Å². The van der Waals surface area contributed by atoms with Crippen molar-refractivity contribution in [1.82, 2.24) is 15.0 Å². The Hall–Kier alpha value is -1.48. The van der Waals surface area contributed by atoms with E-state index in [4.69, 9.17) is 11.6 Å². The molecule has 3 nitrogen and oxygen atoms in total. The molecule has 0 spiro atoms. The Morgan fingerprint density at radius 3 is 2.24 bits per heavy atom. The lowest BCUT2D eigenvalue weighted by Gasteiger charge is -2.05. The molecule has 0 unspecified atom stereocenters. The van der Waals surface area contributed by atoms with Crippen molar-refractivity contribution in [2.45, 2.75) is 27.2 Å². The predicted molar refractivity (Wildman–Crippen MR) is 69.1 cm³/mol. The molecule has 2 heterocycles. The highest BCUT2D eigenvalue weighted by Gasteiger charge is 2.06. The largest absolute Gasteiger partial charge is 0.258 e. The first-order valence-corrected chi connectivity index (χ1v) is 5.95. The number of pyridine rings is 1. The number of hydrogen-bond donors (Lipinski definition) is 0. The minimum absolute atomic E-state index is 0.485. The van der Waals surface area contributed by atoms with Crippen LogP contribution < -0.4 is 0 Å². The molecule has 2 rings (SSSR count). The maximum Gasteiger partial charge on any atom is 0.161 e. The Balaban J connectivity index is 2.55. The van der Waals surface area contributed by atoms with Crippen molar-refractivity contribution in [3.05, 3.63) is 40.4 Å². The molecule has 0 amide bonds. The average Bonchev–Trinajstić information content (AvgIpc) is 2.26. The van der Waals surface area contributed by atoms with Gasteiger partial charge in [0.1, 0.15) is 5.15 Å². The monoisotopic (exact) mass is 247 g/mol. The summed E-state index contributed by atoms with van der Waals surface area (Å²) in [6, 6.07) is 5.74. The summed E-state index contributed by atoms with van der Waals surface area (Å²) < 4.78 is 0. The Kier molecular flexibility index (Phi) is 3.38. The van der Waals surface area contributed by atoms with Crippen LogP contribution in [0.5, 0.6) is 0 Å². The van der Waals surface area contributed by atoms with Gasteiger partial charge in [-0.25, -0.2) is 9.97 Å². The fraction of sp³-hybridized carbons (Fsp3) is 0.308. The molecule has 0 N–H and O–H groups in total. The lowest BCUT2D eigenvalue weighted by molar-refractivity contribution is 1.00. The zero-order valence-electron chi connectivity index (χ0n) is 10.2. The van der Waals surface area contributed by atoms with Crippen LogP contribution in [0.1, 0.15) is 24.0 Å². The molecule has 0 bridgehead atoms. The number of nitrogens with zero attached hydrogens (tertiary/aromatic N) is 3. The van der Waals surface area contributed by atoms with E-state index in [1.165, 1.54) is 0 Å². The number of halogens is 1. The lowest BCUT2D eigenvalue weighted by atomic mass is 10.2. The van der Waals surface area contributed by atoms with E-state index in [1.54, 1.807) is 6.07 Å². The second-order valence-corrected chi connectivity index (χ2v) is 4.38. The molecule has 0 saturated carbocycles. The standard InChI is InChI=1S/C13H14ClN3/c1-4-11-7-12(14)17-13(16-11)10-5-8(2)15-9(3)6-10/h5-7H,4H2,1-3H3. The number of rotatable bonds is 2. The molecule has 17 heavy (non-hydrogen) atoms. The van der Waals surface area contributed by atoms with Gasteiger partial charge >= 0.3 is 0 Å². The van der Waals surface area contributed by atoms with Crippen LogP contribution in [0.25, 0.3) is 11.4 Å². The highest BCUT2D eigenvalue weighted by Crippen LogP contribution is 2.19. The summed E-state index contributed by atoms with van der Waals surface area (Å²) in [7, 11) is 0. The molecule has 2 aromatic rings. The van der Waals surface area contributed by atoms with Crippen LogP contribution in [0.15, 0.2) is 18.2 Å². The normalized spacial score (nSPS) is 10.6. The fourth-order valence-electron chi connectivity index (χ4n) is 1.74. The van der Waals surface area contributed by atoms with Crippen LogP contribution in [0.2, 0.25) is 5.15 Å². The summed E-state index contributed by atoms with van der Waals surface area (Å²) in [6.45, 7) is 5.97. The van der Waals surface area contributed by atoms with Crippen LogP contribution in [0, 0.1) is 13.8 Å². The Bertz CT molecular complexity index is 532. The highest BCUT2D eigenvalue weighted by atomic mass is 35.5. The van der Waals surface area contributed by atoms with Crippen molar-refractivity contribution in [3.63, 3.8) is 0 Å². The molecule has 0 aliphatic rings. The van der Waals surface area contributed by atoms with Gasteiger partial charge in [0.05, 0.1) is 0 Å². The first kappa shape index (κ1) is 12.0. The Morgan fingerprint density at radius 1 is 1.00 bits per heavy atom. The van der Waals surface area contributed by atoms with E-state index in [1.807, 2.05) is 32.9 Å². The molecular weight excluding hydrogens is 234 g/mol. The molecule has 88 valence electrons. The zero-order chi connectivity index (χ0) is 12.4. The summed E-state index contributed by atoms with van der Waals surface area (Å²) in [4.78, 5) is 13.1. The summed E-state index contributed by atoms with van der Waals surface area (Å²) in [5.41, 5.74) is 3.84. The second kappa shape index (κ2) is 4.80. The average molecular weight is 248 g/mol. The van der Waals surface area contributed by atoms with Gasteiger partial charge in [0.15, 0.2) is 5.82 Å². The van der Waals surface area contributed by atoms with Crippen LogP contribution in [0.3, 0.4) is 0 Å². The third-order valence-electron chi connectivity index (χ3n) is 2.45. The van der Waals surface area contributed by atoms with Gasteiger partial charge in [0.2, 0.25) is 0 Å². The molecule has 0 atom stereocenters. The minimum Gasteiger partial charge on any atom is -0.258 e. The van der Waals surface area contributed by atoms with Gasteiger partial charge in [-0.3, -0.25) is 4.98 Å². The van der Waals surface area contributed by atoms with E-state index in [0.717, 1.165) is 29.1 Å². The Morgan fingerprint density at radius 2 is 1.65 bits per heavy atom. The SMILES string of the molecule is CCc1cc(Cl)nc(-c2cc(C)nc(C)c2)n1. The van der Waals surface area contributed by atoms with Crippen molar-refractivity contribution in [2.24, 2.45) is 0 Å². The maximum absolute atomic E-state index is 5.99. The predicted octanol–water partition coefficient (Wildman–Crippen LogP) is 3.37. The van der Waals surface area contributed by atoms with Crippen molar-refractivity contribution in [1.29, 1.82) is 0 Å². The maximum atomic E-state index is 5.99. The van der Waals surface area contributed by atoms with Gasteiger partial charge in [-0.15, -0.1) is 0 Å². The van der Waals surface area contributed by atoms with E-state index in [-0.39, 0.29) is 0 Å². The minimum atomic E-state index is 0.485. The first-order chi connectivity index (χ1) is 8.08. The smallest absolute Gasteiger partial charge is 0.161 e. The molecule has 0 aromatic carbocycles. The van der Waals surface area contributed by atoms with Crippen LogP contribution in [-0.2, 0) is 6.42 Å². The van der Waals surface area contributed by atoms with Crippen molar-refractivity contribution in [3.8, 4) is 11.4 Å². The lowest BCUT2D eigenvalue weighted by Crippen LogP contribution is -1.97. The zero-order valence-corrected chi connectivity index (χ0v) is 10.9. The third kappa shape index (κ3) is 2.80. The van der Waals surface area contributed by atoms with E-state index in [9.17, 15) is 0 Å². The van der Waals surface area contributed by atoms with Gasteiger partial charge < -0.3 is 0 Å². The first-order valence-electron chi connectivity index (χ1n) is 5.57. The van der Waals surface area contributed by atoms with E-state index < -0.39 is 0 Å². The van der Waals surface area contributed by atoms with Crippen molar-refractivity contribution < 1.29 is 0 Å². The quantitative estimate of drug-likeness (QED) is 0.764. The van der Waals surface area contributed by atoms with E-state index in [2.05, 4.69) is 15.0 Å². The molecule has 0 aliphatic carbocycles. The summed E-state index contributed by atoms with van der Waals surface area (Å²) in [5, 5.41) is 0.485. The van der Waals surface area contributed by atoms with Crippen molar-refractivity contribution >= 4 is 11.6 Å². The molecule has 0 saturated heterocycles. The molecule has 0 aliphatic heterocycles. The number of hydrogen-bond acceptors (Lipinski definition) is 3. The number of aryl methyl sites for hydroxylation is 3. The molecule has 0 radical (unpaired) electrons. The van der Waals surface area contributed by atoms with Gasteiger partial charge in [-0.1, -0.05) is 18.5 Å². The second-order valence-electron chi connectivity index (χ2n) is 4.00. The van der Waals surface area contributed by atoms with Crippen LogP contribution in [0.4, 0.5) is 0 Å². The number of aromatic nitrogens is 3. The molecule has 4 heteroatoms. The summed E-state index contributed by atoms with van der Waals surface area (Å²) in [6.07, 6.45) is 0.846. The van der Waals surface area contributed by atoms with Gasteiger partial charge in [-0.2, -0.15) is 0 Å². The molecule has 2 aromatic heterocycles. The third-order valence-corrected chi connectivity index (χ3v) is 2.64. The summed E-state index contributed by atoms with van der Waals surface area (Å²) >= 11 is 5.99. The van der Waals surface area contributed by atoms with E-state index in [0.29, 0.717) is 11.0 Å². The van der Waals surface area contributed by atoms with Crippen molar-refractivity contribution in [2.75, 3.05) is 0 Å². The van der Waals surface area contributed by atoms with Crippen LogP contribution in [-0.4, -0.2) is 15.0 Å². The van der Waals surface area contributed by atoms with Crippen LogP contribution >= 0.6 is 11.6 Å². The highest BCUT2D eigenvalue weighted by molar-refractivity contribution is 6.29. The van der Waals surface area contributed by atoms with Gasteiger partial charge in [-0.05, 0) is 38.5 Å². The van der Waals surface area contributed by atoms with Gasteiger partial charge in [0, 0.05) is 22.6 Å². The van der Waals surface area contributed by atoms with E-state index >= 15 is 0 Å². The molecular formula is C13H14ClN3.